The van der Waals surface area contributed by atoms with Crippen LogP contribution in [-0.2, 0) is 29.4 Å². The fourth-order valence-corrected chi connectivity index (χ4v) is 4.13. The van der Waals surface area contributed by atoms with Crippen LogP contribution in [0.5, 0.6) is 17.2 Å². The second-order valence-electron chi connectivity index (χ2n) is 7.28. The van der Waals surface area contributed by atoms with Gasteiger partial charge in [0, 0.05) is 23.4 Å². The van der Waals surface area contributed by atoms with Gasteiger partial charge in [-0.15, -0.1) is 0 Å². The number of ether oxygens (including phenoxy) is 4. The van der Waals surface area contributed by atoms with Gasteiger partial charge in [-0.3, -0.25) is 4.79 Å². The van der Waals surface area contributed by atoms with Crippen molar-refractivity contribution in [2.45, 2.75) is 26.7 Å². The van der Waals surface area contributed by atoms with Crippen LogP contribution in [0, 0.1) is 0 Å². The molecule has 0 unspecified atom stereocenters. The molecule has 0 atom stereocenters. The summed E-state index contributed by atoms with van der Waals surface area (Å²) in [6, 6.07) is 8.69. The van der Waals surface area contributed by atoms with E-state index >= 15 is 0 Å². The number of hydrogen-bond donors (Lipinski definition) is 2. The topological polar surface area (TPSA) is 112 Å². The van der Waals surface area contributed by atoms with Crippen molar-refractivity contribution < 1.29 is 38.7 Å². The summed E-state index contributed by atoms with van der Waals surface area (Å²) in [5, 5.41) is 20.7. The van der Waals surface area contributed by atoms with Gasteiger partial charge in [-0.2, -0.15) is 0 Å². The van der Waals surface area contributed by atoms with Crippen LogP contribution < -0.4 is 14.2 Å². The van der Waals surface area contributed by atoms with E-state index in [-0.39, 0.29) is 32.4 Å². The zero-order chi connectivity index (χ0) is 21.7. The molecule has 0 spiro atoms. The van der Waals surface area contributed by atoms with Crippen molar-refractivity contribution in [2.75, 3.05) is 6.79 Å². The Morgan fingerprint density at radius 1 is 0.968 bits per heavy atom. The van der Waals surface area contributed by atoms with E-state index in [1.165, 1.54) is 6.92 Å². The molecule has 0 saturated carbocycles. The molecule has 0 aliphatic carbocycles. The van der Waals surface area contributed by atoms with E-state index in [1.54, 1.807) is 30.3 Å². The summed E-state index contributed by atoms with van der Waals surface area (Å²) in [5.74, 6) is 0.281. The Balaban J connectivity index is 1.91. The van der Waals surface area contributed by atoms with Crippen molar-refractivity contribution in [1.29, 1.82) is 0 Å². The summed E-state index contributed by atoms with van der Waals surface area (Å²) in [7, 11) is 0. The number of cyclic esters (lactones) is 1. The third-order valence-corrected chi connectivity index (χ3v) is 5.48. The normalized spacial score (nSPS) is 14.0. The van der Waals surface area contributed by atoms with Crippen LogP contribution in [0.4, 0.5) is 0 Å². The molecule has 2 aliphatic rings. The molecule has 0 radical (unpaired) electrons. The van der Waals surface area contributed by atoms with Crippen LogP contribution in [-0.4, -0.2) is 28.9 Å². The molecule has 0 fully saturated rings. The van der Waals surface area contributed by atoms with E-state index in [0.717, 1.165) is 0 Å². The highest BCUT2D eigenvalue weighted by Crippen LogP contribution is 2.47. The zero-order valence-electron chi connectivity index (χ0n) is 16.6. The Morgan fingerprint density at radius 3 is 2.39 bits per heavy atom. The van der Waals surface area contributed by atoms with Gasteiger partial charge < -0.3 is 29.2 Å². The highest BCUT2D eigenvalue weighted by Gasteiger charge is 2.33. The predicted molar refractivity (Wildman–Crippen MR) is 108 cm³/mol. The van der Waals surface area contributed by atoms with Gasteiger partial charge in [0.05, 0.1) is 18.8 Å². The quantitative estimate of drug-likeness (QED) is 0.488. The molecule has 2 heterocycles. The third-order valence-electron chi connectivity index (χ3n) is 5.48. The maximum Gasteiger partial charge on any atom is 0.339 e. The number of esters is 2. The molecule has 0 amide bonds. The fourth-order valence-electron chi connectivity index (χ4n) is 4.13. The largest absolute Gasteiger partial charge is 0.457 e. The minimum Gasteiger partial charge on any atom is -0.457 e. The number of hydrogen-bond acceptors (Lipinski definition) is 8. The first-order valence-corrected chi connectivity index (χ1v) is 9.63. The summed E-state index contributed by atoms with van der Waals surface area (Å²) in [5.41, 5.74) is 2.99. The number of fused-ring (bicyclic) bond motifs is 3. The summed E-state index contributed by atoms with van der Waals surface area (Å²) in [6.45, 7) is 0.727. The average molecular weight is 422 g/mol. The monoisotopic (exact) mass is 422 g/mol. The van der Waals surface area contributed by atoms with Crippen molar-refractivity contribution >= 4 is 22.7 Å². The minimum absolute atomic E-state index is 0.0412. The van der Waals surface area contributed by atoms with Crippen molar-refractivity contribution in [3.8, 4) is 28.4 Å². The first kappa shape index (κ1) is 19.3. The second-order valence-corrected chi connectivity index (χ2v) is 7.28. The van der Waals surface area contributed by atoms with E-state index in [1.807, 2.05) is 0 Å². The van der Waals surface area contributed by atoms with E-state index in [4.69, 9.17) is 18.9 Å². The average Bonchev–Trinajstić information content (AvgIpc) is 3.39. The van der Waals surface area contributed by atoms with E-state index in [2.05, 4.69) is 0 Å². The molecule has 5 rings (SSSR count). The van der Waals surface area contributed by atoms with Gasteiger partial charge in [-0.05, 0) is 46.3 Å². The molecule has 2 N–H and O–H groups in total. The number of carbonyl (C=O) groups is 2. The maximum atomic E-state index is 12.7. The molecule has 3 aromatic rings. The summed E-state index contributed by atoms with van der Waals surface area (Å²) < 4.78 is 21.7. The Kier molecular flexibility index (Phi) is 4.53. The molecule has 31 heavy (non-hydrogen) atoms. The van der Waals surface area contributed by atoms with Gasteiger partial charge in [0.15, 0.2) is 11.5 Å². The van der Waals surface area contributed by atoms with Crippen molar-refractivity contribution in [3.63, 3.8) is 0 Å². The van der Waals surface area contributed by atoms with Gasteiger partial charge in [0.1, 0.15) is 12.4 Å². The SMILES string of the molecule is CC(=O)Oc1c2c(c(-c3ccc4c(c3)OCO4)c3cc(CO)c(CO)cc13)C(=O)OC2. The van der Waals surface area contributed by atoms with Gasteiger partial charge in [0.25, 0.3) is 0 Å². The maximum absolute atomic E-state index is 12.7. The van der Waals surface area contributed by atoms with Crippen LogP contribution in [0.15, 0.2) is 30.3 Å². The van der Waals surface area contributed by atoms with Crippen molar-refractivity contribution in [1.82, 2.24) is 0 Å². The van der Waals surface area contributed by atoms with E-state index < -0.39 is 11.9 Å². The highest BCUT2D eigenvalue weighted by atomic mass is 16.7. The molecular formula is C23H18O8. The van der Waals surface area contributed by atoms with Crippen LogP contribution in [0.3, 0.4) is 0 Å². The molecule has 0 aromatic heterocycles. The summed E-state index contributed by atoms with van der Waals surface area (Å²) in [4.78, 5) is 24.6. The molecule has 0 bridgehead atoms. The second kappa shape index (κ2) is 7.26. The van der Waals surface area contributed by atoms with Gasteiger partial charge in [-0.25, -0.2) is 4.79 Å². The first-order valence-electron chi connectivity index (χ1n) is 9.63. The molecule has 3 aromatic carbocycles. The van der Waals surface area contributed by atoms with Crippen LogP contribution in [0.1, 0.15) is 34.0 Å². The third kappa shape index (κ3) is 2.99. The lowest BCUT2D eigenvalue weighted by atomic mass is 9.87. The Bertz CT molecular complexity index is 1260. The van der Waals surface area contributed by atoms with Gasteiger partial charge in [-0.1, -0.05) is 6.07 Å². The van der Waals surface area contributed by atoms with Crippen molar-refractivity contribution in [3.05, 3.63) is 52.6 Å². The Morgan fingerprint density at radius 2 is 1.68 bits per heavy atom. The number of aliphatic hydroxyl groups is 2. The van der Waals surface area contributed by atoms with E-state index in [0.29, 0.717) is 55.7 Å². The molecule has 2 aliphatic heterocycles. The molecule has 8 heteroatoms. The lowest BCUT2D eigenvalue weighted by molar-refractivity contribution is -0.131. The number of aliphatic hydroxyl groups excluding tert-OH is 2. The Hall–Kier alpha value is -3.62. The first-order chi connectivity index (χ1) is 15.0. The summed E-state index contributed by atoms with van der Waals surface area (Å²) in [6.07, 6.45) is 0. The van der Waals surface area contributed by atoms with E-state index in [9.17, 15) is 19.8 Å². The Labute approximate surface area is 176 Å². The highest BCUT2D eigenvalue weighted by molar-refractivity contribution is 6.14. The van der Waals surface area contributed by atoms with Crippen LogP contribution in [0.25, 0.3) is 21.9 Å². The fraction of sp³-hybridized carbons (Fsp3) is 0.217. The standard InChI is InChI=1S/C23H18O8/c1-11(26)31-22-16-5-14(8-25)13(7-24)4-15(16)20(21-17(22)9-28-23(21)27)12-2-3-18-19(6-12)30-10-29-18/h2-6,24-25H,7-10H2,1H3. The minimum atomic E-state index is -0.546. The lowest BCUT2D eigenvalue weighted by Gasteiger charge is -2.18. The van der Waals surface area contributed by atoms with Crippen LogP contribution in [0.2, 0.25) is 0 Å². The molecule has 8 nitrogen and oxygen atoms in total. The summed E-state index contributed by atoms with van der Waals surface area (Å²) >= 11 is 0. The molecule has 158 valence electrons. The van der Waals surface area contributed by atoms with Gasteiger partial charge >= 0.3 is 11.9 Å². The van der Waals surface area contributed by atoms with Crippen molar-refractivity contribution in [2.24, 2.45) is 0 Å². The smallest absolute Gasteiger partial charge is 0.339 e. The molecule has 0 saturated heterocycles. The molecular weight excluding hydrogens is 404 g/mol. The van der Waals surface area contributed by atoms with Gasteiger partial charge in [0.2, 0.25) is 6.79 Å². The number of benzene rings is 3. The zero-order valence-corrected chi connectivity index (χ0v) is 16.6. The predicted octanol–water partition coefficient (Wildman–Crippen LogP) is 2.82. The van der Waals surface area contributed by atoms with Crippen LogP contribution >= 0.6 is 0 Å². The lowest BCUT2D eigenvalue weighted by Crippen LogP contribution is -2.08. The number of carbonyl (C=O) groups excluding carboxylic acids is 2. The number of rotatable bonds is 4.